The van der Waals surface area contributed by atoms with Crippen LogP contribution in [0.1, 0.15) is 6.42 Å². The first kappa shape index (κ1) is 15.4. The van der Waals surface area contributed by atoms with E-state index in [2.05, 4.69) is 9.71 Å². The van der Waals surface area contributed by atoms with Crippen molar-refractivity contribution in [3.05, 3.63) is 23.5 Å². The van der Waals surface area contributed by atoms with E-state index in [0.717, 1.165) is 6.26 Å². The molecule has 0 saturated carbocycles. The van der Waals surface area contributed by atoms with Crippen LogP contribution < -0.4 is 4.72 Å². The van der Waals surface area contributed by atoms with Gasteiger partial charge in [-0.05, 0) is 18.6 Å². The normalized spacial score (nSPS) is 12.6. The monoisotopic (exact) mass is 312 g/mol. The van der Waals surface area contributed by atoms with Crippen molar-refractivity contribution in [1.82, 2.24) is 9.71 Å². The van der Waals surface area contributed by atoms with Gasteiger partial charge in [-0.1, -0.05) is 11.6 Å². The quantitative estimate of drug-likeness (QED) is 0.608. The van der Waals surface area contributed by atoms with Gasteiger partial charge in [0.15, 0.2) is 0 Å². The van der Waals surface area contributed by atoms with E-state index in [1.807, 2.05) is 0 Å². The third-order valence-electron chi connectivity index (χ3n) is 2.00. The van der Waals surface area contributed by atoms with E-state index >= 15 is 0 Å². The van der Waals surface area contributed by atoms with Crippen LogP contribution in [0.2, 0.25) is 5.15 Å². The van der Waals surface area contributed by atoms with Gasteiger partial charge in [-0.2, -0.15) is 0 Å². The average Bonchev–Trinajstić information content (AvgIpc) is 2.24. The molecule has 0 aromatic carbocycles. The Morgan fingerprint density at radius 1 is 1.33 bits per heavy atom. The molecule has 0 spiro atoms. The van der Waals surface area contributed by atoms with Crippen molar-refractivity contribution in [1.29, 1.82) is 0 Å². The summed E-state index contributed by atoms with van der Waals surface area (Å²) < 4.78 is 47.6. The minimum Gasteiger partial charge on any atom is -0.243 e. The molecule has 0 aliphatic rings. The zero-order valence-corrected chi connectivity index (χ0v) is 12.0. The lowest BCUT2D eigenvalue weighted by molar-refractivity contribution is 0.577. The Bertz CT molecular complexity index is 613. The van der Waals surface area contributed by atoms with E-state index in [-0.39, 0.29) is 28.8 Å². The molecule has 0 unspecified atom stereocenters. The lowest BCUT2D eigenvalue weighted by Gasteiger charge is -2.07. The van der Waals surface area contributed by atoms with Gasteiger partial charge < -0.3 is 0 Å². The number of halogens is 1. The first-order chi connectivity index (χ1) is 8.22. The molecule has 1 rings (SSSR count). The molecule has 1 heterocycles. The summed E-state index contributed by atoms with van der Waals surface area (Å²) in [5, 5.41) is -0.117. The molecular formula is C9H13ClN2O4S2. The molecule has 0 bridgehead atoms. The molecule has 0 amide bonds. The van der Waals surface area contributed by atoms with Crippen LogP contribution in [-0.4, -0.2) is 40.4 Å². The van der Waals surface area contributed by atoms with E-state index in [9.17, 15) is 16.8 Å². The summed E-state index contributed by atoms with van der Waals surface area (Å²) in [5.74, 6) is -0.0731. The van der Waals surface area contributed by atoms with Crippen LogP contribution >= 0.6 is 11.6 Å². The molecule has 0 aliphatic heterocycles. The van der Waals surface area contributed by atoms with Gasteiger partial charge in [0.25, 0.3) is 0 Å². The summed E-state index contributed by atoms with van der Waals surface area (Å²) in [6.07, 6.45) is 2.68. The van der Waals surface area contributed by atoms with Gasteiger partial charge in [0.2, 0.25) is 10.0 Å². The van der Waals surface area contributed by atoms with Crippen LogP contribution in [0.3, 0.4) is 0 Å². The Morgan fingerprint density at radius 2 is 2.00 bits per heavy atom. The predicted octanol–water partition coefficient (Wildman–Crippen LogP) is 0.448. The van der Waals surface area contributed by atoms with Gasteiger partial charge >= 0.3 is 0 Å². The molecule has 1 N–H and O–H groups in total. The van der Waals surface area contributed by atoms with Gasteiger partial charge in [0.05, 0.1) is 5.75 Å². The third-order valence-corrected chi connectivity index (χ3v) is 4.93. The summed E-state index contributed by atoms with van der Waals surface area (Å²) >= 11 is 5.67. The van der Waals surface area contributed by atoms with Crippen LogP contribution in [0.25, 0.3) is 0 Å². The second kappa shape index (κ2) is 5.96. The molecule has 1 aromatic rings. The number of nitrogens with zero attached hydrogens (tertiary/aromatic N) is 1. The van der Waals surface area contributed by atoms with Gasteiger partial charge in [-0.3, -0.25) is 0 Å². The van der Waals surface area contributed by atoms with Crippen molar-refractivity contribution < 1.29 is 16.8 Å². The van der Waals surface area contributed by atoms with Gasteiger partial charge in [0.1, 0.15) is 19.9 Å². The zero-order chi connectivity index (χ0) is 13.8. The number of rotatable bonds is 6. The van der Waals surface area contributed by atoms with Crippen molar-refractivity contribution in [2.75, 3.05) is 18.6 Å². The molecule has 0 aliphatic carbocycles. The van der Waals surface area contributed by atoms with E-state index < -0.39 is 19.9 Å². The SMILES string of the molecule is CS(=O)(=O)CCCNS(=O)(=O)c1cccnc1Cl. The Labute approximate surface area is 111 Å². The standard InChI is InChI=1S/C9H13ClN2O4S2/c1-17(13,14)7-3-6-12-18(15,16)8-4-2-5-11-9(8)10/h2,4-5,12H,3,6-7H2,1H3. The lowest BCUT2D eigenvalue weighted by Crippen LogP contribution is -2.26. The van der Waals surface area contributed by atoms with Crippen LogP contribution in [-0.2, 0) is 19.9 Å². The number of hydrogen-bond donors (Lipinski definition) is 1. The van der Waals surface area contributed by atoms with Gasteiger partial charge in [-0.25, -0.2) is 26.5 Å². The zero-order valence-electron chi connectivity index (χ0n) is 9.63. The number of hydrogen-bond acceptors (Lipinski definition) is 5. The number of pyridine rings is 1. The second-order valence-electron chi connectivity index (χ2n) is 3.67. The van der Waals surface area contributed by atoms with Crippen molar-refractivity contribution >= 4 is 31.5 Å². The molecule has 6 nitrogen and oxygen atoms in total. The van der Waals surface area contributed by atoms with Gasteiger partial charge in [0, 0.05) is 19.0 Å². The average molecular weight is 313 g/mol. The Hall–Kier alpha value is -0.700. The lowest BCUT2D eigenvalue weighted by atomic mass is 10.5. The van der Waals surface area contributed by atoms with Crippen molar-refractivity contribution in [3.8, 4) is 0 Å². The molecule has 102 valence electrons. The highest BCUT2D eigenvalue weighted by molar-refractivity contribution is 7.90. The third kappa shape index (κ3) is 4.89. The Kier molecular flexibility index (Phi) is 5.09. The molecule has 0 saturated heterocycles. The highest BCUT2D eigenvalue weighted by atomic mass is 35.5. The molecule has 0 radical (unpaired) electrons. The summed E-state index contributed by atoms with van der Waals surface area (Å²) in [4.78, 5) is 3.54. The number of nitrogens with one attached hydrogen (secondary N) is 1. The maximum Gasteiger partial charge on any atom is 0.243 e. The van der Waals surface area contributed by atoms with E-state index in [0.29, 0.717) is 0 Å². The molecule has 1 aromatic heterocycles. The predicted molar refractivity (Wildman–Crippen MR) is 68.8 cm³/mol. The highest BCUT2D eigenvalue weighted by Crippen LogP contribution is 2.17. The summed E-state index contributed by atoms with van der Waals surface area (Å²) in [7, 11) is -6.84. The summed E-state index contributed by atoms with van der Waals surface area (Å²) in [5.41, 5.74) is 0. The number of sulfone groups is 1. The first-order valence-corrected chi connectivity index (χ1v) is 8.92. The van der Waals surface area contributed by atoms with Crippen LogP contribution in [0.5, 0.6) is 0 Å². The molecule has 0 atom stereocenters. The molecule has 0 fully saturated rings. The Morgan fingerprint density at radius 3 is 2.56 bits per heavy atom. The number of aromatic nitrogens is 1. The first-order valence-electron chi connectivity index (χ1n) is 5.00. The van der Waals surface area contributed by atoms with E-state index in [4.69, 9.17) is 11.6 Å². The number of sulfonamides is 1. The van der Waals surface area contributed by atoms with Crippen molar-refractivity contribution in [2.24, 2.45) is 0 Å². The maximum atomic E-state index is 11.8. The summed E-state index contributed by atoms with van der Waals surface area (Å²) in [6, 6.07) is 2.78. The smallest absolute Gasteiger partial charge is 0.243 e. The maximum absolute atomic E-state index is 11.8. The Balaban J connectivity index is 2.65. The topological polar surface area (TPSA) is 93.2 Å². The van der Waals surface area contributed by atoms with Gasteiger partial charge in [-0.15, -0.1) is 0 Å². The largest absolute Gasteiger partial charge is 0.243 e. The highest BCUT2D eigenvalue weighted by Gasteiger charge is 2.17. The fourth-order valence-electron chi connectivity index (χ4n) is 1.19. The molecule has 9 heteroatoms. The minimum absolute atomic E-state index is 0.0284. The second-order valence-corrected chi connectivity index (χ2v) is 8.03. The van der Waals surface area contributed by atoms with E-state index in [1.165, 1.54) is 18.3 Å². The van der Waals surface area contributed by atoms with Crippen LogP contribution in [0.4, 0.5) is 0 Å². The van der Waals surface area contributed by atoms with Crippen molar-refractivity contribution in [3.63, 3.8) is 0 Å². The van der Waals surface area contributed by atoms with Crippen LogP contribution in [0.15, 0.2) is 23.2 Å². The summed E-state index contributed by atoms with van der Waals surface area (Å²) in [6.45, 7) is 0.0284. The molecular weight excluding hydrogens is 300 g/mol. The van der Waals surface area contributed by atoms with Crippen molar-refractivity contribution in [2.45, 2.75) is 11.3 Å². The fraction of sp³-hybridized carbons (Fsp3) is 0.444. The molecule has 18 heavy (non-hydrogen) atoms. The minimum atomic E-state index is -3.75. The fourth-order valence-corrected chi connectivity index (χ4v) is 3.38. The van der Waals surface area contributed by atoms with Crippen LogP contribution in [0, 0.1) is 0 Å². The van der Waals surface area contributed by atoms with E-state index in [1.54, 1.807) is 0 Å².